The van der Waals surface area contributed by atoms with Crippen LogP contribution in [0.1, 0.15) is 28.4 Å². The molecule has 0 spiro atoms. The van der Waals surface area contributed by atoms with Crippen LogP contribution in [-0.2, 0) is 6.54 Å². The minimum absolute atomic E-state index is 0.411. The molecular formula is C17H20N2O2. The number of nitrogens with two attached hydrogens (primary N) is 1. The van der Waals surface area contributed by atoms with Gasteiger partial charge in [-0.1, -0.05) is 24.3 Å². The van der Waals surface area contributed by atoms with E-state index < -0.39 is 5.91 Å². The molecule has 2 aromatic carbocycles. The van der Waals surface area contributed by atoms with E-state index in [1.165, 1.54) is 0 Å². The summed E-state index contributed by atoms with van der Waals surface area (Å²) in [6.07, 6.45) is 0. The summed E-state index contributed by atoms with van der Waals surface area (Å²) in [7, 11) is 0. The molecule has 0 fully saturated rings. The molecule has 0 unspecified atom stereocenters. The molecular weight excluding hydrogens is 264 g/mol. The predicted octanol–water partition coefficient (Wildman–Crippen LogP) is 3.10. The highest BCUT2D eigenvalue weighted by Gasteiger charge is 2.09. The smallest absolute Gasteiger partial charge is 0.249 e. The standard InChI is InChI=1S/C17H20N2O2/c1-3-21-16-10-5-4-7-13(16)11-19-15-9-6-8-14(12(15)2)17(18)20/h4-10,19H,3,11H2,1-2H3,(H2,18,20). The van der Waals surface area contributed by atoms with E-state index in [4.69, 9.17) is 10.5 Å². The SMILES string of the molecule is CCOc1ccccc1CNc1cccc(C(N)=O)c1C. The fraction of sp³-hybridized carbons (Fsp3) is 0.235. The summed E-state index contributed by atoms with van der Waals surface area (Å²) >= 11 is 0. The van der Waals surface area contributed by atoms with Gasteiger partial charge >= 0.3 is 0 Å². The largest absolute Gasteiger partial charge is 0.494 e. The highest BCUT2D eigenvalue weighted by molar-refractivity contribution is 5.95. The summed E-state index contributed by atoms with van der Waals surface area (Å²) in [4.78, 5) is 11.4. The highest BCUT2D eigenvalue weighted by atomic mass is 16.5. The second-order valence-corrected chi connectivity index (χ2v) is 4.74. The number of rotatable bonds is 6. The van der Waals surface area contributed by atoms with Crippen molar-refractivity contribution in [3.8, 4) is 5.75 Å². The van der Waals surface area contributed by atoms with Crippen LogP contribution in [0.4, 0.5) is 5.69 Å². The molecule has 0 aliphatic heterocycles. The number of para-hydroxylation sites is 1. The summed E-state index contributed by atoms with van der Waals surface area (Å²) in [5, 5.41) is 3.34. The van der Waals surface area contributed by atoms with Crippen LogP contribution >= 0.6 is 0 Å². The molecule has 21 heavy (non-hydrogen) atoms. The van der Waals surface area contributed by atoms with E-state index in [0.717, 1.165) is 22.6 Å². The van der Waals surface area contributed by atoms with Crippen molar-refractivity contribution in [2.24, 2.45) is 5.73 Å². The van der Waals surface area contributed by atoms with Crippen molar-refractivity contribution in [2.75, 3.05) is 11.9 Å². The molecule has 2 aromatic rings. The maximum atomic E-state index is 11.4. The molecule has 0 saturated heterocycles. The van der Waals surface area contributed by atoms with Crippen LogP contribution in [0.2, 0.25) is 0 Å². The third-order valence-corrected chi connectivity index (χ3v) is 3.34. The molecule has 4 nitrogen and oxygen atoms in total. The highest BCUT2D eigenvalue weighted by Crippen LogP contribution is 2.22. The number of carbonyl (C=O) groups excluding carboxylic acids is 1. The van der Waals surface area contributed by atoms with Crippen LogP contribution in [0.25, 0.3) is 0 Å². The number of carbonyl (C=O) groups is 1. The third-order valence-electron chi connectivity index (χ3n) is 3.34. The van der Waals surface area contributed by atoms with E-state index in [2.05, 4.69) is 5.32 Å². The van der Waals surface area contributed by atoms with Gasteiger partial charge in [0.2, 0.25) is 5.91 Å². The van der Waals surface area contributed by atoms with Gasteiger partial charge in [0, 0.05) is 23.4 Å². The zero-order valence-electron chi connectivity index (χ0n) is 12.3. The lowest BCUT2D eigenvalue weighted by Crippen LogP contribution is -2.14. The molecule has 0 heterocycles. The van der Waals surface area contributed by atoms with Crippen molar-refractivity contribution in [1.82, 2.24) is 0 Å². The van der Waals surface area contributed by atoms with Crippen molar-refractivity contribution in [1.29, 1.82) is 0 Å². The Morgan fingerprint density at radius 3 is 2.67 bits per heavy atom. The van der Waals surface area contributed by atoms with Gasteiger partial charge < -0.3 is 15.8 Å². The monoisotopic (exact) mass is 284 g/mol. The first-order valence-electron chi connectivity index (χ1n) is 6.97. The summed E-state index contributed by atoms with van der Waals surface area (Å²) < 4.78 is 5.60. The van der Waals surface area contributed by atoms with E-state index in [0.29, 0.717) is 18.7 Å². The number of hydrogen-bond donors (Lipinski definition) is 2. The minimum Gasteiger partial charge on any atom is -0.494 e. The zero-order chi connectivity index (χ0) is 15.2. The summed E-state index contributed by atoms with van der Waals surface area (Å²) in [5.41, 5.74) is 8.74. The molecule has 2 rings (SSSR count). The first kappa shape index (κ1) is 14.9. The van der Waals surface area contributed by atoms with Crippen molar-refractivity contribution in [2.45, 2.75) is 20.4 Å². The fourth-order valence-corrected chi connectivity index (χ4v) is 2.23. The Hall–Kier alpha value is -2.49. The van der Waals surface area contributed by atoms with E-state index in [9.17, 15) is 4.79 Å². The number of amides is 1. The van der Waals surface area contributed by atoms with Crippen LogP contribution in [0.15, 0.2) is 42.5 Å². The number of nitrogens with one attached hydrogen (secondary N) is 1. The van der Waals surface area contributed by atoms with E-state index in [1.54, 1.807) is 6.07 Å². The quantitative estimate of drug-likeness (QED) is 0.856. The molecule has 0 radical (unpaired) electrons. The molecule has 0 saturated carbocycles. The fourth-order valence-electron chi connectivity index (χ4n) is 2.23. The second kappa shape index (κ2) is 6.79. The maximum absolute atomic E-state index is 11.4. The number of primary amides is 1. The minimum atomic E-state index is -0.411. The van der Waals surface area contributed by atoms with E-state index in [1.807, 2.05) is 50.2 Å². The van der Waals surface area contributed by atoms with Gasteiger partial charge in [-0.15, -0.1) is 0 Å². The predicted molar refractivity (Wildman–Crippen MR) is 84.6 cm³/mol. The average Bonchev–Trinajstić information content (AvgIpc) is 2.47. The number of ether oxygens (including phenoxy) is 1. The molecule has 0 aliphatic carbocycles. The Morgan fingerprint density at radius 1 is 1.19 bits per heavy atom. The van der Waals surface area contributed by atoms with E-state index >= 15 is 0 Å². The van der Waals surface area contributed by atoms with Crippen molar-refractivity contribution < 1.29 is 9.53 Å². The average molecular weight is 284 g/mol. The van der Waals surface area contributed by atoms with Gasteiger partial charge in [0.1, 0.15) is 5.75 Å². The molecule has 0 bridgehead atoms. The van der Waals surface area contributed by atoms with E-state index in [-0.39, 0.29) is 0 Å². The Balaban J connectivity index is 2.17. The summed E-state index contributed by atoms with van der Waals surface area (Å²) in [6.45, 7) is 5.11. The normalized spacial score (nSPS) is 10.2. The molecule has 1 amide bonds. The second-order valence-electron chi connectivity index (χ2n) is 4.74. The molecule has 110 valence electrons. The van der Waals surface area contributed by atoms with Gasteiger partial charge in [-0.25, -0.2) is 0 Å². The molecule has 3 N–H and O–H groups in total. The topological polar surface area (TPSA) is 64.3 Å². The van der Waals surface area contributed by atoms with Crippen LogP contribution in [-0.4, -0.2) is 12.5 Å². The number of anilines is 1. The lowest BCUT2D eigenvalue weighted by Gasteiger charge is -2.14. The van der Waals surface area contributed by atoms with Crippen LogP contribution in [0, 0.1) is 6.92 Å². The van der Waals surface area contributed by atoms with Crippen molar-refractivity contribution >= 4 is 11.6 Å². The molecule has 0 aromatic heterocycles. The Bertz CT molecular complexity index is 638. The van der Waals surface area contributed by atoms with Crippen LogP contribution in [0.5, 0.6) is 5.75 Å². The zero-order valence-corrected chi connectivity index (χ0v) is 12.3. The third kappa shape index (κ3) is 3.54. The number of benzene rings is 2. The van der Waals surface area contributed by atoms with Gasteiger partial charge in [0.25, 0.3) is 0 Å². The van der Waals surface area contributed by atoms with Crippen molar-refractivity contribution in [3.05, 3.63) is 59.2 Å². The van der Waals surface area contributed by atoms with Crippen LogP contribution in [0.3, 0.4) is 0 Å². The Morgan fingerprint density at radius 2 is 1.95 bits per heavy atom. The lowest BCUT2D eigenvalue weighted by molar-refractivity contribution is 0.1000. The number of hydrogen-bond acceptors (Lipinski definition) is 3. The van der Waals surface area contributed by atoms with Crippen molar-refractivity contribution in [3.63, 3.8) is 0 Å². The molecule has 0 aliphatic rings. The van der Waals surface area contributed by atoms with Crippen LogP contribution < -0.4 is 15.8 Å². The summed E-state index contributed by atoms with van der Waals surface area (Å²) in [6, 6.07) is 13.4. The molecule has 4 heteroatoms. The first-order chi connectivity index (χ1) is 10.1. The van der Waals surface area contributed by atoms with Gasteiger partial charge in [-0.05, 0) is 37.6 Å². The van der Waals surface area contributed by atoms with Gasteiger partial charge in [0.15, 0.2) is 0 Å². The van der Waals surface area contributed by atoms with Gasteiger partial charge in [-0.2, -0.15) is 0 Å². The Labute approximate surface area is 124 Å². The molecule has 0 atom stereocenters. The summed E-state index contributed by atoms with van der Waals surface area (Å²) in [5.74, 6) is 0.460. The van der Waals surface area contributed by atoms with Gasteiger partial charge in [-0.3, -0.25) is 4.79 Å². The van der Waals surface area contributed by atoms with Gasteiger partial charge in [0.05, 0.1) is 6.61 Å². The maximum Gasteiger partial charge on any atom is 0.249 e. The lowest BCUT2D eigenvalue weighted by atomic mass is 10.1. The Kier molecular flexibility index (Phi) is 4.82. The first-order valence-corrected chi connectivity index (χ1v) is 6.97.